The normalized spacial score (nSPS) is 23.8. The van der Waals surface area contributed by atoms with Gasteiger partial charge in [-0.05, 0) is 43.6 Å². The van der Waals surface area contributed by atoms with Crippen molar-refractivity contribution in [3.8, 4) is 0 Å². The Morgan fingerprint density at radius 3 is 2.47 bits per heavy atom. The van der Waals surface area contributed by atoms with Gasteiger partial charge in [0, 0.05) is 12.6 Å². The first kappa shape index (κ1) is 13.9. The molecule has 0 spiro atoms. The molecular weight excluding hydrogens is 254 g/mol. The van der Waals surface area contributed by atoms with Crippen molar-refractivity contribution >= 4 is 5.97 Å². The predicted molar refractivity (Wildman–Crippen MR) is 65.8 cm³/mol. The van der Waals surface area contributed by atoms with E-state index in [1.807, 2.05) is 11.9 Å². The quantitative estimate of drug-likeness (QED) is 0.875. The zero-order valence-corrected chi connectivity index (χ0v) is 10.6. The number of nitrogens with zero attached hydrogens (tertiary/aromatic N) is 1. The van der Waals surface area contributed by atoms with Crippen LogP contribution in [0.3, 0.4) is 0 Å². The standard InChI is InChI=1S/C13H16F2N2O2/c1-17-6-7(5-16)2-11(17)8-3-9(14)12(13(18)19)10(15)4-8/h3-4,7,11H,2,5-6,16H2,1H3,(H,18,19). The van der Waals surface area contributed by atoms with Crippen LogP contribution < -0.4 is 5.73 Å². The highest BCUT2D eigenvalue weighted by atomic mass is 19.1. The number of likely N-dealkylation sites (tertiary alicyclic amines) is 1. The molecule has 3 N–H and O–H groups in total. The first-order valence-electron chi connectivity index (χ1n) is 6.06. The summed E-state index contributed by atoms with van der Waals surface area (Å²) in [6, 6.07) is 2.08. The molecule has 0 saturated carbocycles. The maximum Gasteiger partial charge on any atom is 0.341 e. The molecule has 2 atom stereocenters. The first-order valence-corrected chi connectivity index (χ1v) is 6.06. The molecule has 2 unspecified atom stereocenters. The number of nitrogens with two attached hydrogens (primary N) is 1. The van der Waals surface area contributed by atoms with Gasteiger partial charge in [0.2, 0.25) is 0 Å². The lowest BCUT2D eigenvalue weighted by Crippen LogP contribution is -2.21. The summed E-state index contributed by atoms with van der Waals surface area (Å²) in [5.41, 5.74) is 5.16. The lowest BCUT2D eigenvalue weighted by Gasteiger charge is -2.20. The van der Waals surface area contributed by atoms with E-state index in [-0.39, 0.29) is 6.04 Å². The zero-order valence-electron chi connectivity index (χ0n) is 10.6. The minimum Gasteiger partial charge on any atom is -0.477 e. The van der Waals surface area contributed by atoms with Crippen molar-refractivity contribution in [1.29, 1.82) is 0 Å². The van der Waals surface area contributed by atoms with E-state index in [0.717, 1.165) is 25.1 Å². The Morgan fingerprint density at radius 2 is 2.05 bits per heavy atom. The molecule has 1 aromatic rings. The smallest absolute Gasteiger partial charge is 0.341 e. The fourth-order valence-electron chi connectivity index (χ4n) is 2.66. The van der Waals surface area contributed by atoms with Gasteiger partial charge >= 0.3 is 5.97 Å². The lowest BCUT2D eigenvalue weighted by atomic mass is 9.98. The van der Waals surface area contributed by atoms with E-state index >= 15 is 0 Å². The van der Waals surface area contributed by atoms with Gasteiger partial charge < -0.3 is 10.8 Å². The zero-order chi connectivity index (χ0) is 14.2. The van der Waals surface area contributed by atoms with Gasteiger partial charge in [0.25, 0.3) is 0 Å². The third kappa shape index (κ3) is 2.59. The van der Waals surface area contributed by atoms with Gasteiger partial charge in [0.1, 0.15) is 17.2 Å². The Morgan fingerprint density at radius 1 is 1.47 bits per heavy atom. The number of hydrogen-bond donors (Lipinski definition) is 2. The number of aromatic carboxylic acids is 1. The highest BCUT2D eigenvalue weighted by molar-refractivity contribution is 5.88. The maximum atomic E-state index is 13.7. The third-order valence-corrected chi connectivity index (χ3v) is 3.63. The van der Waals surface area contributed by atoms with Crippen LogP contribution in [0.15, 0.2) is 12.1 Å². The molecule has 4 nitrogen and oxygen atoms in total. The van der Waals surface area contributed by atoms with Crippen LogP contribution in [0, 0.1) is 17.6 Å². The number of benzene rings is 1. The molecule has 1 saturated heterocycles. The molecule has 1 aromatic carbocycles. The molecule has 0 aliphatic carbocycles. The molecule has 6 heteroatoms. The van der Waals surface area contributed by atoms with Crippen LogP contribution in [0.5, 0.6) is 0 Å². The highest BCUT2D eigenvalue weighted by Crippen LogP contribution is 2.34. The summed E-state index contributed by atoms with van der Waals surface area (Å²) in [5.74, 6) is -3.37. The molecule has 1 aliphatic heterocycles. The Kier molecular flexibility index (Phi) is 3.82. The van der Waals surface area contributed by atoms with Crippen LogP contribution in [0.1, 0.15) is 28.4 Å². The van der Waals surface area contributed by atoms with E-state index < -0.39 is 23.2 Å². The molecule has 1 aliphatic rings. The molecule has 0 aromatic heterocycles. The third-order valence-electron chi connectivity index (χ3n) is 3.63. The van der Waals surface area contributed by atoms with Gasteiger partial charge in [-0.1, -0.05) is 0 Å². The van der Waals surface area contributed by atoms with Gasteiger partial charge in [0.15, 0.2) is 0 Å². The molecule has 104 valence electrons. The van der Waals surface area contributed by atoms with E-state index in [1.165, 1.54) is 0 Å². The van der Waals surface area contributed by atoms with Crippen molar-refractivity contribution in [2.24, 2.45) is 11.7 Å². The summed E-state index contributed by atoms with van der Waals surface area (Å²) < 4.78 is 27.3. The summed E-state index contributed by atoms with van der Waals surface area (Å²) in [4.78, 5) is 12.7. The molecule has 1 fully saturated rings. The minimum absolute atomic E-state index is 0.125. The lowest BCUT2D eigenvalue weighted by molar-refractivity contribution is 0.0686. The van der Waals surface area contributed by atoms with Gasteiger partial charge in [-0.25, -0.2) is 13.6 Å². The number of carbonyl (C=O) groups is 1. The van der Waals surface area contributed by atoms with E-state index in [4.69, 9.17) is 10.8 Å². The molecule has 0 amide bonds. The maximum absolute atomic E-state index is 13.7. The number of rotatable bonds is 3. The van der Waals surface area contributed by atoms with E-state index in [0.29, 0.717) is 18.0 Å². The Hall–Kier alpha value is -1.53. The average molecular weight is 270 g/mol. The van der Waals surface area contributed by atoms with Crippen molar-refractivity contribution in [2.45, 2.75) is 12.5 Å². The summed E-state index contributed by atoms with van der Waals surface area (Å²) in [6.45, 7) is 1.30. The van der Waals surface area contributed by atoms with E-state index in [1.54, 1.807) is 0 Å². The van der Waals surface area contributed by atoms with Gasteiger partial charge in [-0.2, -0.15) is 0 Å². The first-order chi connectivity index (χ1) is 8.93. The molecule has 2 rings (SSSR count). The number of halogens is 2. The highest BCUT2D eigenvalue weighted by Gasteiger charge is 2.31. The van der Waals surface area contributed by atoms with Crippen LogP contribution in [0.25, 0.3) is 0 Å². The molecular formula is C13H16F2N2O2. The SMILES string of the molecule is CN1CC(CN)CC1c1cc(F)c(C(=O)O)c(F)c1. The van der Waals surface area contributed by atoms with Crippen LogP contribution in [0.2, 0.25) is 0 Å². The minimum atomic E-state index is -1.60. The monoisotopic (exact) mass is 270 g/mol. The van der Waals surface area contributed by atoms with Crippen molar-refractivity contribution < 1.29 is 18.7 Å². The van der Waals surface area contributed by atoms with Crippen LogP contribution >= 0.6 is 0 Å². The number of carboxylic acids is 1. The van der Waals surface area contributed by atoms with Crippen molar-refractivity contribution in [3.05, 3.63) is 34.9 Å². The molecule has 1 heterocycles. The predicted octanol–water partition coefficient (Wildman–Crippen LogP) is 1.61. The van der Waals surface area contributed by atoms with Crippen molar-refractivity contribution in [1.82, 2.24) is 4.90 Å². The fraction of sp³-hybridized carbons (Fsp3) is 0.462. The Balaban J connectivity index is 2.34. The second-order valence-corrected chi connectivity index (χ2v) is 4.96. The van der Waals surface area contributed by atoms with Gasteiger partial charge in [0.05, 0.1) is 0 Å². The largest absolute Gasteiger partial charge is 0.477 e. The number of hydrogen-bond acceptors (Lipinski definition) is 3. The summed E-state index contributed by atoms with van der Waals surface area (Å²) in [5, 5.41) is 8.73. The van der Waals surface area contributed by atoms with Gasteiger partial charge in [-0.3, -0.25) is 4.90 Å². The van der Waals surface area contributed by atoms with Crippen molar-refractivity contribution in [2.75, 3.05) is 20.1 Å². The molecule has 0 radical (unpaired) electrons. The second-order valence-electron chi connectivity index (χ2n) is 4.96. The Labute approximate surface area is 109 Å². The summed E-state index contributed by atoms with van der Waals surface area (Å²) in [6.07, 6.45) is 0.721. The second kappa shape index (κ2) is 5.22. The van der Waals surface area contributed by atoms with E-state index in [2.05, 4.69) is 0 Å². The van der Waals surface area contributed by atoms with Crippen LogP contribution in [-0.2, 0) is 0 Å². The van der Waals surface area contributed by atoms with Crippen LogP contribution in [0.4, 0.5) is 8.78 Å². The Bertz CT molecular complexity index is 484. The summed E-state index contributed by atoms with van der Waals surface area (Å²) in [7, 11) is 1.86. The van der Waals surface area contributed by atoms with Crippen molar-refractivity contribution in [3.63, 3.8) is 0 Å². The number of carboxylic acid groups (broad SMARTS) is 1. The van der Waals surface area contributed by atoms with E-state index in [9.17, 15) is 13.6 Å². The van der Waals surface area contributed by atoms with Gasteiger partial charge in [-0.15, -0.1) is 0 Å². The topological polar surface area (TPSA) is 66.6 Å². The van der Waals surface area contributed by atoms with Crippen LogP contribution in [-0.4, -0.2) is 36.1 Å². The summed E-state index contributed by atoms with van der Waals surface area (Å²) >= 11 is 0. The molecule has 19 heavy (non-hydrogen) atoms. The fourth-order valence-corrected chi connectivity index (χ4v) is 2.66. The average Bonchev–Trinajstić information content (AvgIpc) is 2.69. The molecule has 0 bridgehead atoms.